The van der Waals surface area contributed by atoms with Crippen LogP contribution in [-0.2, 0) is 4.79 Å². The Kier molecular flexibility index (Phi) is 5.22. The first-order valence-corrected chi connectivity index (χ1v) is 9.49. The number of hydrogen-bond donors (Lipinski definition) is 2. The third kappa shape index (κ3) is 3.61. The standard InChI is InChI=1S/C18H23N3O3S/c1-11-10-14(12(2)21(11)18-19-8-9-25-18)16(22)20-15-7-5-3-4-6-13(15)17(23)24/h8-10,13,15H,3-7H2,1-2H3,(H,20,22)(H,23,24)/t13-,15+/m1/s1. The molecule has 6 nitrogen and oxygen atoms in total. The van der Waals surface area contributed by atoms with Crippen molar-refractivity contribution >= 4 is 23.2 Å². The average Bonchev–Trinajstić information content (AvgIpc) is 3.10. The number of nitrogens with one attached hydrogen (secondary N) is 1. The zero-order valence-corrected chi connectivity index (χ0v) is 15.3. The van der Waals surface area contributed by atoms with Crippen molar-refractivity contribution in [2.24, 2.45) is 5.92 Å². The minimum atomic E-state index is -0.819. The molecule has 3 rings (SSSR count). The van der Waals surface area contributed by atoms with Gasteiger partial charge in [-0.2, -0.15) is 0 Å². The monoisotopic (exact) mass is 361 g/mol. The summed E-state index contributed by atoms with van der Waals surface area (Å²) >= 11 is 1.51. The number of carbonyl (C=O) groups is 2. The fourth-order valence-corrected chi connectivity index (χ4v) is 4.39. The van der Waals surface area contributed by atoms with Crippen LogP contribution in [0.2, 0.25) is 0 Å². The highest BCUT2D eigenvalue weighted by Gasteiger charge is 2.31. The molecule has 1 fully saturated rings. The van der Waals surface area contributed by atoms with E-state index in [4.69, 9.17) is 0 Å². The molecule has 1 aliphatic rings. The zero-order valence-electron chi connectivity index (χ0n) is 14.5. The Balaban J connectivity index is 1.83. The number of aromatic nitrogens is 2. The fourth-order valence-electron chi connectivity index (χ4n) is 3.64. The van der Waals surface area contributed by atoms with E-state index >= 15 is 0 Å². The van der Waals surface area contributed by atoms with E-state index in [0.717, 1.165) is 35.8 Å². The number of thiazole rings is 1. The first-order valence-electron chi connectivity index (χ1n) is 8.61. The maximum absolute atomic E-state index is 12.8. The topological polar surface area (TPSA) is 84.2 Å². The minimum absolute atomic E-state index is 0.200. The molecule has 2 aromatic rings. The number of carboxylic acids is 1. The van der Waals surface area contributed by atoms with Crippen LogP contribution in [0.1, 0.15) is 53.8 Å². The van der Waals surface area contributed by atoms with Gasteiger partial charge in [0, 0.05) is 29.0 Å². The number of hydrogen-bond acceptors (Lipinski definition) is 4. The van der Waals surface area contributed by atoms with Crippen LogP contribution in [0.4, 0.5) is 0 Å². The van der Waals surface area contributed by atoms with Gasteiger partial charge in [0.15, 0.2) is 5.13 Å². The second-order valence-corrected chi connectivity index (χ2v) is 7.47. The molecule has 0 spiro atoms. The molecule has 25 heavy (non-hydrogen) atoms. The van der Waals surface area contributed by atoms with E-state index in [2.05, 4.69) is 10.3 Å². The molecule has 7 heteroatoms. The Hall–Kier alpha value is -2.15. The number of aliphatic carboxylic acids is 1. The lowest BCUT2D eigenvalue weighted by atomic mass is 9.94. The molecule has 2 atom stereocenters. The van der Waals surface area contributed by atoms with Crippen molar-refractivity contribution in [2.75, 3.05) is 0 Å². The molecule has 2 heterocycles. The maximum atomic E-state index is 12.8. The second-order valence-electron chi connectivity index (χ2n) is 6.60. The van der Waals surface area contributed by atoms with Gasteiger partial charge in [0.25, 0.3) is 5.91 Å². The first kappa shape index (κ1) is 17.7. The van der Waals surface area contributed by atoms with Gasteiger partial charge in [-0.3, -0.25) is 14.2 Å². The van der Waals surface area contributed by atoms with E-state index in [1.54, 1.807) is 6.20 Å². The average molecular weight is 361 g/mol. The van der Waals surface area contributed by atoms with Crippen molar-refractivity contribution in [1.82, 2.24) is 14.9 Å². The second kappa shape index (κ2) is 7.39. The Bertz CT molecular complexity index is 767. The summed E-state index contributed by atoms with van der Waals surface area (Å²) in [5.41, 5.74) is 2.35. The first-order chi connectivity index (χ1) is 12.0. The Morgan fingerprint density at radius 3 is 2.72 bits per heavy atom. The summed E-state index contributed by atoms with van der Waals surface area (Å²) in [7, 11) is 0. The summed E-state index contributed by atoms with van der Waals surface area (Å²) in [6.45, 7) is 3.84. The van der Waals surface area contributed by atoms with E-state index < -0.39 is 11.9 Å². The van der Waals surface area contributed by atoms with Gasteiger partial charge < -0.3 is 10.4 Å². The lowest BCUT2D eigenvalue weighted by Gasteiger charge is -2.22. The molecule has 0 aromatic carbocycles. The van der Waals surface area contributed by atoms with Crippen LogP contribution in [-0.4, -0.2) is 32.6 Å². The van der Waals surface area contributed by atoms with Gasteiger partial charge in [-0.1, -0.05) is 19.3 Å². The Morgan fingerprint density at radius 2 is 2.04 bits per heavy atom. The molecule has 2 N–H and O–H groups in total. The van der Waals surface area contributed by atoms with Crippen molar-refractivity contribution in [1.29, 1.82) is 0 Å². The summed E-state index contributed by atoms with van der Waals surface area (Å²) in [6.07, 6.45) is 5.96. The molecular formula is C18H23N3O3S. The molecule has 0 radical (unpaired) electrons. The Labute approximate surface area is 150 Å². The lowest BCUT2D eigenvalue weighted by Crippen LogP contribution is -2.43. The highest BCUT2D eigenvalue weighted by Crippen LogP contribution is 2.26. The summed E-state index contributed by atoms with van der Waals surface area (Å²) in [5, 5.41) is 15.2. The normalized spacial score (nSPS) is 20.9. The van der Waals surface area contributed by atoms with Crippen molar-refractivity contribution in [3.8, 4) is 5.13 Å². The SMILES string of the molecule is Cc1cc(C(=O)N[C@H]2CCCCC[C@H]2C(=O)O)c(C)n1-c1nccs1. The summed E-state index contributed by atoms with van der Waals surface area (Å²) in [4.78, 5) is 28.7. The molecule has 1 aliphatic carbocycles. The van der Waals surface area contributed by atoms with E-state index in [9.17, 15) is 14.7 Å². The molecule has 0 unspecified atom stereocenters. The van der Waals surface area contributed by atoms with Crippen LogP contribution >= 0.6 is 11.3 Å². The molecule has 1 amide bonds. The van der Waals surface area contributed by atoms with E-state index in [0.29, 0.717) is 18.4 Å². The van der Waals surface area contributed by atoms with Crippen LogP contribution in [0.5, 0.6) is 0 Å². The predicted molar refractivity (Wildman–Crippen MR) is 96.4 cm³/mol. The van der Waals surface area contributed by atoms with Crippen molar-refractivity contribution in [2.45, 2.75) is 52.0 Å². The number of nitrogens with zero attached hydrogens (tertiary/aromatic N) is 2. The number of aryl methyl sites for hydroxylation is 1. The number of amides is 1. The third-order valence-electron chi connectivity index (χ3n) is 4.94. The van der Waals surface area contributed by atoms with Crippen LogP contribution in [0, 0.1) is 19.8 Å². The number of rotatable bonds is 4. The fraction of sp³-hybridized carbons (Fsp3) is 0.500. The molecule has 0 saturated heterocycles. The van der Waals surface area contributed by atoms with Crippen LogP contribution < -0.4 is 5.32 Å². The maximum Gasteiger partial charge on any atom is 0.308 e. The highest BCUT2D eigenvalue weighted by atomic mass is 32.1. The molecule has 0 bridgehead atoms. The minimum Gasteiger partial charge on any atom is -0.481 e. The van der Waals surface area contributed by atoms with Crippen molar-refractivity contribution < 1.29 is 14.7 Å². The van der Waals surface area contributed by atoms with E-state index in [1.807, 2.05) is 29.9 Å². The van der Waals surface area contributed by atoms with E-state index in [1.165, 1.54) is 11.3 Å². The largest absolute Gasteiger partial charge is 0.481 e. The van der Waals surface area contributed by atoms with Crippen LogP contribution in [0.3, 0.4) is 0 Å². The molecule has 2 aromatic heterocycles. The van der Waals surface area contributed by atoms with Gasteiger partial charge in [0.1, 0.15) is 0 Å². The quantitative estimate of drug-likeness (QED) is 0.818. The predicted octanol–water partition coefficient (Wildman–Crippen LogP) is 3.31. The molecule has 134 valence electrons. The lowest BCUT2D eigenvalue weighted by molar-refractivity contribution is -0.142. The number of carbonyl (C=O) groups excluding carboxylic acids is 1. The van der Waals surface area contributed by atoms with Crippen molar-refractivity contribution in [3.05, 3.63) is 34.6 Å². The van der Waals surface area contributed by atoms with Gasteiger partial charge in [-0.15, -0.1) is 11.3 Å². The number of carboxylic acid groups (broad SMARTS) is 1. The molecule has 0 aliphatic heterocycles. The molecular weight excluding hydrogens is 338 g/mol. The summed E-state index contributed by atoms with van der Waals surface area (Å²) < 4.78 is 1.96. The summed E-state index contributed by atoms with van der Waals surface area (Å²) in [6, 6.07) is 1.54. The molecule has 1 saturated carbocycles. The van der Waals surface area contributed by atoms with Gasteiger partial charge in [-0.25, -0.2) is 4.98 Å². The van der Waals surface area contributed by atoms with Crippen LogP contribution in [0.25, 0.3) is 5.13 Å². The van der Waals surface area contributed by atoms with Crippen molar-refractivity contribution in [3.63, 3.8) is 0 Å². The highest BCUT2D eigenvalue weighted by molar-refractivity contribution is 7.12. The smallest absolute Gasteiger partial charge is 0.308 e. The van der Waals surface area contributed by atoms with Crippen LogP contribution in [0.15, 0.2) is 17.6 Å². The zero-order chi connectivity index (χ0) is 18.0. The van der Waals surface area contributed by atoms with Gasteiger partial charge in [-0.05, 0) is 32.8 Å². The van der Waals surface area contributed by atoms with Gasteiger partial charge in [0.2, 0.25) is 0 Å². The van der Waals surface area contributed by atoms with Gasteiger partial charge >= 0.3 is 5.97 Å². The van der Waals surface area contributed by atoms with E-state index in [-0.39, 0.29) is 11.9 Å². The van der Waals surface area contributed by atoms with Gasteiger partial charge in [0.05, 0.1) is 11.5 Å². The Morgan fingerprint density at radius 1 is 1.28 bits per heavy atom. The third-order valence-corrected chi connectivity index (χ3v) is 5.69. The summed E-state index contributed by atoms with van der Waals surface area (Å²) in [5.74, 6) is -1.52.